The molecule has 8 heteroatoms. The van der Waals surface area contributed by atoms with Crippen molar-refractivity contribution in [1.82, 2.24) is 24.4 Å². The summed E-state index contributed by atoms with van der Waals surface area (Å²) in [6.45, 7) is 3.28. The second kappa shape index (κ2) is 7.85. The van der Waals surface area contributed by atoms with Gasteiger partial charge in [-0.1, -0.05) is 23.7 Å². The summed E-state index contributed by atoms with van der Waals surface area (Å²) < 4.78 is 1.49. The second-order valence-corrected chi connectivity index (χ2v) is 7.70. The molecule has 0 bridgehead atoms. The molecule has 0 spiro atoms. The van der Waals surface area contributed by atoms with Crippen LogP contribution in [0.1, 0.15) is 12.0 Å². The van der Waals surface area contributed by atoms with Gasteiger partial charge in [0.1, 0.15) is 0 Å². The number of fused-ring (bicyclic) bond motifs is 1. The maximum Gasteiger partial charge on any atom is 0.269 e. The highest BCUT2D eigenvalue weighted by Crippen LogP contribution is 2.21. The molecule has 3 aromatic heterocycles. The molecule has 0 atom stereocenters. The number of nitrogens with one attached hydrogen (secondary N) is 1. The van der Waals surface area contributed by atoms with Gasteiger partial charge in [0.05, 0.1) is 22.3 Å². The first-order valence-electron chi connectivity index (χ1n) is 9.74. The Hall–Kier alpha value is -3.29. The third-order valence-electron chi connectivity index (χ3n) is 5.16. The number of anilines is 2. The van der Waals surface area contributed by atoms with Gasteiger partial charge in [0.15, 0.2) is 5.65 Å². The number of rotatable bonds is 5. The van der Waals surface area contributed by atoms with Crippen molar-refractivity contribution in [3.63, 3.8) is 0 Å². The van der Waals surface area contributed by atoms with Crippen LogP contribution in [-0.4, -0.2) is 37.5 Å². The third-order valence-corrected chi connectivity index (χ3v) is 5.37. The summed E-state index contributed by atoms with van der Waals surface area (Å²) >= 11 is 6.05. The molecular formula is C22H19ClN6O. The van der Waals surface area contributed by atoms with Crippen LogP contribution in [0.3, 0.4) is 0 Å². The predicted octanol–water partition coefficient (Wildman–Crippen LogP) is 3.78. The van der Waals surface area contributed by atoms with Crippen LogP contribution in [0.15, 0.2) is 65.8 Å². The number of aromatic nitrogens is 4. The van der Waals surface area contributed by atoms with Crippen molar-refractivity contribution in [2.45, 2.75) is 13.0 Å². The van der Waals surface area contributed by atoms with Crippen LogP contribution < -0.4 is 10.9 Å². The van der Waals surface area contributed by atoms with Crippen LogP contribution in [-0.2, 0) is 6.54 Å². The first-order valence-corrected chi connectivity index (χ1v) is 10.1. The van der Waals surface area contributed by atoms with Crippen LogP contribution >= 0.6 is 11.6 Å². The minimum Gasteiger partial charge on any atom is -0.325 e. The quantitative estimate of drug-likeness (QED) is 0.531. The van der Waals surface area contributed by atoms with Crippen LogP contribution in [0.25, 0.3) is 16.7 Å². The third kappa shape index (κ3) is 3.65. The lowest BCUT2D eigenvalue weighted by Gasteiger charge is -2.30. The van der Waals surface area contributed by atoms with E-state index < -0.39 is 0 Å². The molecule has 0 saturated carbocycles. The van der Waals surface area contributed by atoms with Crippen LogP contribution in [0.4, 0.5) is 11.6 Å². The maximum absolute atomic E-state index is 13.3. The van der Waals surface area contributed by atoms with Gasteiger partial charge in [0.25, 0.3) is 5.56 Å². The number of halogens is 1. The average Bonchev–Trinajstić information content (AvgIpc) is 2.73. The van der Waals surface area contributed by atoms with Gasteiger partial charge in [0, 0.05) is 24.6 Å². The lowest BCUT2D eigenvalue weighted by molar-refractivity contribution is 0.172. The Labute approximate surface area is 178 Å². The molecule has 0 radical (unpaired) electrons. The summed E-state index contributed by atoms with van der Waals surface area (Å²) in [5.41, 5.74) is 2.77. The van der Waals surface area contributed by atoms with E-state index in [0.717, 1.165) is 25.3 Å². The standard InChI is InChI=1S/C22H19ClN6O/c23-16-11-19-20(25-12-16)27-22(29(21(19)30)18-3-1-8-24-13-18)26-17-6-4-15(5-7-17)14-28-9-2-10-28/h1,3-8,11-13H,2,9-10,14H2,(H,25,26,27). The Bertz CT molecular complexity index is 1250. The highest BCUT2D eigenvalue weighted by molar-refractivity contribution is 6.31. The average molecular weight is 419 g/mol. The topological polar surface area (TPSA) is 75.9 Å². The Morgan fingerprint density at radius 3 is 2.63 bits per heavy atom. The zero-order valence-electron chi connectivity index (χ0n) is 16.1. The predicted molar refractivity (Wildman–Crippen MR) is 118 cm³/mol. The van der Waals surface area contributed by atoms with Crippen LogP contribution in [0, 0.1) is 0 Å². The summed E-state index contributed by atoms with van der Waals surface area (Å²) in [4.78, 5) is 28.6. The number of hydrogen-bond acceptors (Lipinski definition) is 6. The van der Waals surface area contributed by atoms with E-state index in [0.29, 0.717) is 27.7 Å². The molecule has 0 amide bonds. The largest absolute Gasteiger partial charge is 0.325 e. The van der Waals surface area contributed by atoms with Crippen molar-refractivity contribution in [1.29, 1.82) is 0 Å². The molecule has 7 nitrogen and oxygen atoms in total. The van der Waals surface area contributed by atoms with Crippen molar-refractivity contribution < 1.29 is 0 Å². The van der Waals surface area contributed by atoms with E-state index in [1.54, 1.807) is 30.6 Å². The zero-order chi connectivity index (χ0) is 20.5. The molecule has 4 heterocycles. The van der Waals surface area contributed by atoms with E-state index in [4.69, 9.17) is 11.6 Å². The van der Waals surface area contributed by atoms with Gasteiger partial charge in [-0.25, -0.2) is 9.55 Å². The summed E-state index contributed by atoms with van der Waals surface area (Å²) in [6, 6.07) is 13.3. The van der Waals surface area contributed by atoms with Crippen molar-refractivity contribution in [3.05, 3.63) is 82.0 Å². The van der Waals surface area contributed by atoms with Gasteiger partial charge in [-0.05, 0) is 55.4 Å². The molecule has 150 valence electrons. The first-order chi connectivity index (χ1) is 14.7. The smallest absolute Gasteiger partial charge is 0.269 e. The molecule has 30 heavy (non-hydrogen) atoms. The molecule has 1 N–H and O–H groups in total. The fourth-order valence-corrected chi connectivity index (χ4v) is 3.63. The molecule has 1 saturated heterocycles. The monoisotopic (exact) mass is 418 g/mol. The van der Waals surface area contributed by atoms with Gasteiger partial charge in [-0.3, -0.25) is 14.7 Å². The van der Waals surface area contributed by atoms with E-state index in [1.807, 2.05) is 12.1 Å². The molecule has 5 rings (SSSR count). The molecule has 1 aliphatic heterocycles. The summed E-state index contributed by atoms with van der Waals surface area (Å²) in [6.07, 6.45) is 6.04. The van der Waals surface area contributed by atoms with Gasteiger partial charge >= 0.3 is 0 Å². The number of likely N-dealkylation sites (tertiary alicyclic amines) is 1. The van der Waals surface area contributed by atoms with Gasteiger partial charge in [-0.15, -0.1) is 0 Å². The van der Waals surface area contributed by atoms with Gasteiger partial charge in [0.2, 0.25) is 5.95 Å². The molecule has 1 fully saturated rings. The fraction of sp³-hybridized carbons (Fsp3) is 0.182. The van der Waals surface area contributed by atoms with Crippen LogP contribution in [0.5, 0.6) is 0 Å². The summed E-state index contributed by atoms with van der Waals surface area (Å²) in [5.74, 6) is 0.366. The molecule has 1 aliphatic rings. The number of pyridine rings is 2. The van der Waals surface area contributed by atoms with E-state index in [1.165, 1.54) is 22.7 Å². The lowest BCUT2D eigenvalue weighted by Crippen LogP contribution is -2.36. The highest BCUT2D eigenvalue weighted by Gasteiger charge is 2.16. The van der Waals surface area contributed by atoms with E-state index >= 15 is 0 Å². The number of nitrogens with zero attached hydrogens (tertiary/aromatic N) is 5. The minimum atomic E-state index is -0.264. The Kier molecular flexibility index (Phi) is 4.90. The van der Waals surface area contributed by atoms with Gasteiger partial charge < -0.3 is 5.32 Å². The van der Waals surface area contributed by atoms with E-state index in [-0.39, 0.29) is 5.56 Å². The molecule has 0 aliphatic carbocycles. The van der Waals surface area contributed by atoms with Gasteiger partial charge in [-0.2, -0.15) is 4.98 Å². The first kappa shape index (κ1) is 18.7. The molecule has 4 aromatic rings. The van der Waals surface area contributed by atoms with Crippen molar-refractivity contribution in [2.24, 2.45) is 0 Å². The summed E-state index contributed by atoms with van der Waals surface area (Å²) in [7, 11) is 0. The lowest BCUT2D eigenvalue weighted by atomic mass is 10.1. The minimum absolute atomic E-state index is 0.264. The van der Waals surface area contributed by atoms with Crippen molar-refractivity contribution >= 4 is 34.3 Å². The maximum atomic E-state index is 13.3. The molecular weight excluding hydrogens is 400 g/mol. The zero-order valence-corrected chi connectivity index (χ0v) is 16.9. The van der Waals surface area contributed by atoms with E-state index in [2.05, 4.69) is 37.3 Å². The van der Waals surface area contributed by atoms with Crippen molar-refractivity contribution in [3.8, 4) is 5.69 Å². The SMILES string of the molecule is O=c1c2cc(Cl)cnc2nc(Nc2ccc(CN3CCC3)cc2)n1-c1cccnc1. The van der Waals surface area contributed by atoms with E-state index in [9.17, 15) is 4.79 Å². The van der Waals surface area contributed by atoms with Crippen LogP contribution in [0.2, 0.25) is 5.02 Å². The highest BCUT2D eigenvalue weighted by atomic mass is 35.5. The normalized spacial score (nSPS) is 13.9. The molecule has 1 aromatic carbocycles. The fourth-order valence-electron chi connectivity index (χ4n) is 3.48. The molecule has 0 unspecified atom stereocenters. The Balaban J connectivity index is 1.55. The Morgan fingerprint density at radius 1 is 1.10 bits per heavy atom. The Morgan fingerprint density at radius 2 is 1.93 bits per heavy atom. The summed E-state index contributed by atoms with van der Waals surface area (Å²) in [5, 5.41) is 4.00. The number of benzene rings is 1. The number of hydrogen-bond donors (Lipinski definition) is 1. The second-order valence-electron chi connectivity index (χ2n) is 7.26. The van der Waals surface area contributed by atoms with Crippen molar-refractivity contribution in [2.75, 3.05) is 18.4 Å².